The van der Waals surface area contributed by atoms with Crippen LogP contribution >= 0.6 is 0 Å². The van der Waals surface area contributed by atoms with Crippen LogP contribution in [0.3, 0.4) is 0 Å². The van der Waals surface area contributed by atoms with Crippen molar-refractivity contribution in [3.63, 3.8) is 0 Å². The van der Waals surface area contributed by atoms with Crippen LogP contribution in [0, 0.1) is 0 Å². The molecule has 0 heterocycles. The minimum atomic E-state index is -0.785. The van der Waals surface area contributed by atoms with Crippen molar-refractivity contribution in [3.05, 3.63) is 36.5 Å². The van der Waals surface area contributed by atoms with Crippen LogP contribution in [0.1, 0.15) is 342 Å². The fourth-order valence-electron chi connectivity index (χ4n) is 9.37. The maximum absolute atomic E-state index is 12.9. The van der Waals surface area contributed by atoms with Crippen molar-refractivity contribution in [3.8, 4) is 0 Å². The largest absolute Gasteiger partial charge is 0.462 e. The summed E-state index contributed by atoms with van der Waals surface area (Å²) in [5, 5.41) is 0. The minimum Gasteiger partial charge on any atom is -0.462 e. The molecule has 6 heteroatoms. The molecule has 0 amide bonds. The normalized spacial score (nSPS) is 12.2. The van der Waals surface area contributed by atoms with Gasteiger partial charge in [0.2, 0.25) is 0 Å². The predicted molar refractivity (Wildman–Crippen MR) is 307 cm³/mol. The Hall–Kier alpha value is -2.37. The van der Waals surface area contributed by atoms with E-state index in [0.29, 0.717) is 19.3 Å². The third-order valence-electron chi connectivity index (χ3n) is 14.1. The second-order valence-corrected chi connectivity index (χ2v) is 21.4. The number of carbonyl (C=O) groups is 3. The van der Waals surface area contributed by atoms with Crippen LogP contribution in [0.2, 0.25) is 0 Å². The molecule has 0 bridgehead atoms. The maximum atomic E-state index is 12.9. The van der Waals surface area contributed by atoms with Crippen molar-refractivity contribution >= 4 is 17.9 Å². The zero-order valence-corrected chi connectivity index (χ0v) is 47.8. The third-order valence-corrected chi connectivity index (χ3v) is 14.1. The molecule has 0 aromatic rings. The number of esters is 3. The molecule has 0 aliphatic heterocycles. The number of carbonyl (C=O) groups excluding carboxylic acids is 3. The topological polar surface area (TPSA) is 78.9 Å². The molecular formula is C65H120O6. The SMILES string of the molecule is CCCCCCCCC/C=C\C=C/CCCCCC(=O)OCC(COC(=O)CCCCCCCCCCCCCCCCCCCCC)OC(=O)CCCCCCC/C=C\CCCCCCCCCCC. The van der Waals surface area contributed by atoms with Crippen molar-refractivity contribution in [1.82, 2.24) is 0 Å². The van der Waals surface area contributed by atoms with Gasteiger partial charge in [0.25, 0.3) is 0 Å². The summed E-state index contributed by atoms with van der Waals surface area (Å²) in [6.45, 7) is 6.66. The van der Waals surface area contributed by atoms with Crippen LogP contribution in [-0.4, -0.2) is 37.2 Å². The smallest absolute Gasteiger partial charge is 0.306 e. The van der Waals surface area contributed by atoms with E-state index in [4.69, 9.17) is 14.2 Å². The molecule has 0 radical (unpaired) electrons. The van der Waals surface area contributed by atoms with Crippen molar-refractivity contribution in [2.24, 2.45) is 0 Å². The van der Waals surface area contributed by atoms with E-state index in [1.165, 1.54) is 225 Å². The predicted octanol–water partition coefficient (Wildman–Crippen LogP) is 21.2. The van der Waals surface area contributed by atoms with Gasteiger partial charge in [-0.15, -0.1) is 0 Å². The van der Waals surface area contributed by atoms with Gasteiger partial charge >= 0.3 is 17.9 Å². The van der Waals surface area contributed by atoms with E-state index in [2.05, 4.69) is 57.2 Å². The Labute approximate surface area is 442 Å². The number of hydrogen-bond acceptors (Lipinski definition) is 6. The van der Waals surface area contributed by atoms with E-state index in [9.17, 15) is 14.4 Å². The first-order chi connectivity index (χ1) is 35.0. The van der Waals surface area contributed by atoms with Crippen LogP contribution in [-0.2, 0) is 28.6 Å². The lowest BCUT2D eigenvalue weighted by molar-refractivity contribution is -0.167. The lowest BCUT2D eigenvalue weighted by Crippen LogP contribution is -2.30. The van der Waals surface area contributed by atoms with Crippen LogP contribution in [0.4, 0.5) is 0 Å². The fourth-order valence-corrected chi connectivity index (χ4v) is 9.37. The molecule has 0 aromatic carbocycles. The molecule has 6 nitrogen and oxygen atoms in total. The van der Waals surface area contributed by atoms with Gasteiger partial charge in [-0.2, -0.15) is 0 Å². The average Bonchev–Trinajstić information content (AvgIpc) is 3.37. The Morgan fingerprint density at radius 2 is 0.507 bits per heavy atom. The van der Waals surface area contributed by atoms with Gasteiger partial charge in [-0.05, 0) is 70.6 Å². The highest BCUT2D eigenvalue weighted by molar-refractivity contribution is 5.71. The maximum Gasteiger partial charge on any atom is 0.306 e. The van der Waals surface area contributed by atoms with E-state index >= 15 is 0 Å². The van der Waals surface area contributed by atoms with Gasteiger partial charge in [-0.25, -0.2) is 0 Å². The summed E-state index contributed by atoms with van der Waals surface area (Å²) in [7, 11) is 0. The Bertz CT molecular complexity index is 1190. The van der Waals surface area contributed by atoms with Crippen molar-refractivity contribution in [2.75, 3.05) is 13.2 Å². The minimum absolute atomic E-state index is 0.0799. The van der Waals surface area contributed by atoms with Crippen LogP contribution in [0.5, 0.6) is 0 Å². The zero-order chi connectivity index (χ0) is 51.4. The highest BCUT2D eigenvalue weighted by atomic mass is 16.6. The van der Waals surface area contributed by atoms with Gasteiger partial charge in [-0.1, -0.05) is 288 Å². The van der Waals surface area contributed by atoms with Crippen molar-refractivity contribution in [2.45, 2.75) is 348 Å². The summed E-state index contributed by atoms with van der Waals surface area (Å²) < 4.78 is 16.9. The monoisotopic (exact) mass is 997 g/mol. The molecule has 71 heavy (non-hydrogen) atoms. The van der Waals surface area contributed by atoms with E-state index in [-0.39, 0.29) is 31.1 Å². The molecule has 0 N–H and O–H groups in total. The summed E-state index contributed by atoms with van der Waals surface area (Å²) >= 11 is 0. The molecule has 0 saturated heterocycles. The summed E-state index contributed by atoms with van der Waals surface area (Å²) in [4.78, 5) is 38.3. The second kappa shape index (κ2) is 60.2. The van der Waals surface area contributed by atoms with Crippen molar-refractivity contribution < 1.29 is 28.6 Å². The van der Waals surface area contributed by atoms with Gasteiger partial charge in [-0.3, -0.25) is 14.4 Å². The van der Waals surface area contributed by atoms with E-state index in [0.717, 1.165) is 77.0 Å². The number of unbranched alkanes of at least 4 members (excludes halogenated alkanes) is 42. The molecule has 1 atom stereocenters. The first kappa shape index (κ1) is 68.6. The first-order valence-corrected chi connectivity index (χ1v) is 31.5. The summed E-state index contributed by atoms with van der Waals surface area (Å²) in [5.74, 6) is -0.893. The molecule has 416 valence electrons. The van der Waals surface area contributed by atoms with Crippen LogP contribution in [0.15, 0.2) is 36.5 Å². The molecule has 0 spiro atoms. The van der Waals surface area contributed by atoms with Gasteiger partial charge in [0.1, 0.15) is 13.2 Å². The third kappa shape index (κ3) is 58.4. The molecule has 1 unspecified atom stereocenters. The number of ether oxygens (including phenoxy) is 3. The van der Waals surface area contributed by atoms with Crippen LogP contribution in [0.25, 0.3) is 0 Å². The molecular weight excluding hydrogens is 877 g/mol. The quantitative estimate of drug-likeness (QED) is 0.0199. The lowest BCUT2D eigenvalue weighted by Gasteiger charge is -2.18. The summed E-state index contributed by atoms with van der Waals surface area (Å²) in [6.07, 6.45) is 72.9. The fraction of sp³-hybridized carbons (Fsp3) is 0.862. The molecule has 0 aromatic heterocycles. The highest BCUT2D eigenvalue weighted by Gasteiger charge is 2.19. The Kier molecular flexibility index (Phi) is 58.2. The van der Waals surface area contributed by atoms with Gasteiger partial charge < -0.3 is 14.2 Å². The Balaban J connectivity index is 4.37. The standard InChI is InChI=1S/C65H120O6/c1-4-7-10-13-16-19-22-25-28-31-33-35-37-40-43-46-49-52-55-58-64(67)70-61-62(60-69-63(66)57-54-51-48-45-42-39-36-30-27-24-21-18-15-12-9-6-3)71-65(68)59-56-53-50-47-44-41-38-34-32-29-26-23-20-17-14-11-8-5-2/h30,34,36,38-39,42,62H,4-29,31-33,35,37,40-41,43-61H2,1-3H3/b36-30-,38-34-,42-39-. The van der Waals surface area contributed by atoms with Gasteiger partial charge in [0.05, 0.1) is 0 Å². The molecule has 0 rings (SSSR count). The molecule has 0 aliphatic carbocycles. The van der Waals surface area contributed by atoms with Crippen molar-refractivity contribution in [1.29, 1.82) is 0 Å². The zero-order valence-electron chi connectivity index (χ0n) is 47.8. The summed E-state index contributed by atoms with van der Waals surface area (Å²) in [5.41, 5.74) is 0. The van der Waals surface area contributed by atoms with Gasteiger partial charge in [0.15, 0.2) is 6.10 Å². The Morgan fingerprint density at radius 3 is 0.803 bits per heavy atom. The van der Waals surface area contributed by atoms with Crippen LogP contribution < -0.4 is 0 Å². The molecule has 0 saturated carbocycles. The lowest BCUT2D eigenvalue weighted by atomic mass is 10.0. The second-order valence-electron chi connectivity index (χ2n) is 21.4. The number of rotatable bonds is 58. The molecule has 0 aliphatic rings. The highest BCUT2D eigenvalue weighted by Crippen LogP contribution is 2.17. The van der Waals surface area contributed by atoms with Gasteiger partial charge in [0, 0.05) is 19.3 Å². The molecule has 0 fully saturated rings. The van der Waals surface area contributed by atoms with E-state index < -0.39 is 6.10 Å². The number of hydrogen-bond donors (Lipinski definition) is 0. The summed E-state index contributed by atoms with van der Waals surface area (Å²) in [6, 6.07) is 0. The van der Waals surface area contributed by atoms with E-state index in [1.54, 1.807) is 0 Å². The van der Waals surface area contributed by atoms with E-state index in [1.807, 2.05) is 0 Å². The first-order valence-electron chi connectivity index (χ1n) is 31.5. The number of allylic oxidation sites excluding steroid dienone is 6. The Morgan fingerprint density at radius 1 is 0.282 bits per heavy atom. The average molecular weight is 998 g/mol.